The second-order valence-corrected chi connectivity index (χ2v) is 5.79. The molecule has 1 saturated heterocycles. The zero-order chi connectivity index (χ0) is 14.4. The van der Waals surface area contributed by atoms with Crippen LogP contribution < -0.4 is 11.1 Å². The van der Waals surface area contributed by atoms with Gasteiger partial charge in [0.05, 0.1) is 12.1 Å². The van der Waals surface area contributed by atoms with Crippen LogP contribution in [0.3, 0.4) is 0 Å². The highest BCUT2D eigenvalue weighted by atomic mass is 32.2. The first-order valence-electron chi connectivity index (χ1n) is 6.55. The Bertz CT molecular complexity index is 545. The van der Waals surface area contributed by atoms with E-state index in [1.54, 1.807) is 6.07 Å². The molecule has 5 heteroatoms. The highest BCUT2D eigenvalue weighted by Crippen LogP contribution is 2.22. The van der Waals surface area contributed by atoms with E-state index in [-0.39, 0.29) is 18.0 Å². The molecule has 3 nitrogen and oxygen atoms in total. The van der Waals surface area contributed by atoms with Crippen LogP contribution in [-0.2, 0) is 0 Å². The molecule has 1 fully saturated rings. The average Bonchev–Trinajstić information content (AvgIpc) is 2.97. The minimum Gasteiger partial charge on any atom is -0.352 e. The summed E-state index contributed by atoms with van der Waals surface area (Å²) in [6.07, 6.45) is 1.11. The number of carbonyl (C=O) groups is 1. The van der Waals surface area contributed by atoms with Gasteiger partial charge in [0.1, 0.15) is 5.82 Å². The lowest BCUT2D eigenvalue weighted by Crippen LogP contribution is -2.30. The zero-order valence-electron chi connectivity index (χ0n) is 11.1. The van der Waals surface area contributed by atoms with Crippen molar-refractivity contribution >= 4 is 17.7 Å². The van der Waals surface area contributed by atoms with E-state index in [2.05, 4.69) is 17.2 Å². The normalized spacial score (nSPS) is 17.4. The van der Waals surface area contributed by atoms with Gasteiger partial charge in [-0.2, -0.15) is 11.8 Å². The molecule has 3 N–H and O–H groups in total. The molecule has 106 valence electrons. The van der Waals surface area contributed by atoms with Crippen molar-refractivity contribution in [3.63, 3.8) is 0 Å². The van der Waals surface area contributed by atoms with Gasteiger partial charge < -0.3 is 11.1 Å². The first-order valence-corrected chi connectivity index (χ1v) is 7.70. The Kier molecular flexibility index (Phi) is 5.45. The highest BCUT2D eigenvalue weighted by Gasteiger charge is 2.18. The van der Waals surface area contributed by atoms with E-state index in [1.165, 1.54) is 12.1 Å². The molecular formula is C15H17FN2OS. The van der Waals surface area contributed by atoms with Crippen LogP contribution in [0.2, 0.25) is 0 Å². The number of nitrogens with one attached hydrogen (secondary N) is 1. The molecule has 0 saturated carbocycles. The molecule has 1 unspecified atom stereocenters. The number of rotatable bonds is 3. The van der Waals surface area contributed by atoms with E-state index >= 15 is 0 Å². The minimum absolute atomic E-state index is 0.0412. The molecule has 2 rings (SSSR count). The van der Waals surface area contributed by atoms with Crippen molar-refractivity contribution in [1.29, 1.82) is 0 Å². The summed E-state index contributed by atoms with van der Waals surface area (Å²) in [6, 6.07) is 4.28. The van der Waals surface area contributed by atoms with Crippen molar-refractivity contribution in [2.24, 2.45) is 11.7 Å². The molecule has 0 aromatic heterocycles. The van der Waals surface area contributed by atoms with Gasteiger partial charge in [0.25, 0.3) is 5.91 Å². The first kappa shape index (κ1) is 14.9. The fourth-order valence-corrected chi connectivity index (χ4v) is 3.29. The summed E-state index contributed by atoms with van der Waals surface area (Å²) in [5.74, 6) is 7.27. The number of carbonyl (C=O) groups excluding carboxylic acids is 1. The number of hydrogen-bond donors (Lipinski definition) is 2. The van der Waals surface area contributed by atoms with E-state index in [0.717, 1.165) is 17.9 Å². The van der Waals surface area contributed by atoms with Crippen molar-refractivity contribution in [1.82, 2.24) is 5.32 Å². The fourth-order valence-electron chi connectivity index (χ4n) is 2.01. The molecule has 20 heavy (non-hydrogen) atoms. The van der Waals surface area contributed by atoms with Gasteiger partial charge in [0.2, 0.25) is 0 Å². The third-order valence-electron chi connectivity index (χ3n) is 3.12. The van der Waals surface area contributed by atoms with Crippen LogP contribution in [0.15, 0.2) is 18.2 Å². The lowest BCUT2D eigenvalue weighted by atomic mass is 10.1. The van der Waals surface area contributed by atoms with E-state index in [1.807, 2.05) is 11.8 Å². The third-order valence-corrected chi connectivity index (χ3v) is 4.35. The van der Waals surface area contributed by atoms with Crippen LogP contribution in [0, 0.1) is 23.6 Å². The Labute approximate surface area is 122 Å². The molecule has 1 amide bonds. The smallest absolute Gasteiger partial charge is 0.254 e. The van der Waals surface area contributed by atoms with E-state index in [9.17, 15) is 9.18 Å². The van der Waals surface area contributed by atoms with Crippen LogP contribution in [0.4, 0.5) is 4.39 Å². The Morgan fingerprint density at radius 3 is 3.10 bits per heavy atom. The number of nitrogens with two attached hydrogens (primary N) is 1. The molecule has 0 bridgehead atoms. The lowest BCUT2D eigenvalue weighted by Gasteiger charge is -2.10. The maximum absolute atomic E-state index is 13.7. The van der Waals surface area contributed by atoms with Crippen LogP contribution in [0.25, 0.3) is 0 Å². The second kappa shape index (κ2) is 7.32. The van der Waals surface area contributed by atoms with Gasteiger partial charge in [-0.3, -0.25) is 4.79 Å². The van der Waals surface area contributed by atoms with Crippen molar-refractivity contribution in [2.45, 2.75) is 6.42 Å². The summed E-state index contributed by atoms with van der Waals surface area (Å²) >= 11 is 1.89. The van der Waals surface area contributed by atoms with E-state index in [0.29, 0.717) is 18.0 Å². The molecule has 0 spiro atoms. The Balaban J connectivity index is 2.03. The molecular weight excluding hydrogens is 275 g/mol. The molecule has 1 aliphatic rings. The van der Waals surface area contributed by atoms with Crippen molar-refractivity contribution in [3.05, 3.63) is 35.1 Å². The van der Waals surface area contributed by atoms with Crippen LogP contribution >= 0.6 is 11.8 Å². The Morgan fingerprint density at radius 1 is 1.55 bits per heavy atom. The van der Waals surface area contributed by atoms with Gasteiger partial charge in [-0.1, -0.05) is 11.8 Å². The quantitative estimate of drug-likeness (QED) is 0.832. The average molecular weight is 292 g/mol. The summed E-state index contributed by atoms with van der Waals surface area (Å²) < 4.78 is 13.7. The number of benzene rings is 1. The molecule has 0 aliphatic carbocycles. The maximum Gasteiger partial charge on any atom is 0.254 e. The van der Waals surface area contributed by atoms with Crippen molar-refractivity contribution in [3.8, 4) is 11.8 Å². The SMILES string of the molecule is NCC#Cc1ccc(F)c(C(=O)NCC2CCSC2)c1. The zero-order valence-corrected chi connectivity index (χ0v) is 11.9. The maximum atomic E-state index is 13.7. The predicted octanol–water partition coefficient (Wildman–Crippen LogP) is 1.62. The summed E-state index contributed by atoms with van der Waals surface area (Å²) in [5, 5.41) is 2.80. The standard InChI is InChI=1S/C15H17FN2OS/c16-14-4-3-11(2-1-6-17)8-13(14)15(19)18-9-12-5-7-20-10-12/h3-4,8,12H,5-7,9-10,17H2,(H,18,19). The number of halogens is 1. The van der Waals surface area contributed by atoms with Crippen LogP contribution in [0.1, 0.15) is 22.3 Å². The Morgan fingerprint density at radius 2 is 2.40 bits per heavy atom. The topological polar surface area (TPSA) is 55.1 Å². The summed E-state index contributed by atoms with van der Waals surface area (Å²) in [4.78, 5) is 12.0. The van der Waals surface area contributed by atoms with Gasteiger partial charge in [0, 0.05) is 12.1 Å². The van der Waals surface area contributed by atoms with Crippen molar-refractivity contribution in [2.75, 3.05) is 24.6 Å². The minimum atomic E-state index is -0.526. The van der Waals surface area contributed by atoms with Gasteiger partial charge in [0.15, 0.2) is 0 Å². The summed E-state index contributed by atoms with van der Waals surface area (Å²) in [6.45, 7) is 0.836. The van der Waals surface area contributed by atoms with Gasteiger partial charge in [-0.25, -0.2) is 4.39 Å². The fraction of sp³-hybridized carbons (Fsp3) is 0.400. The first-order chi connectivity index (χ1) is 9.70. The highest BCUT2D eigenvalue weighted by molar-refractivity contribution is 7.99. The molecule has 0 radical (unpaired) electrons. The predicted molar refractivity (Wildman–Crippen MR) is 80.1 cm³/mol. The van der Waals surface area contributed by atoms with Crippen LogP contribution in [-0.4, -0.2) is 30.5 Å². The van der Waals surface area contributed by atoms with Gasteiger partial charge >= 0.3 is 0 Å². The van der Waals surface area contributed by atoms with Gasteiger partial charge in [-0.05, 0) is 42.0 Å². The lowest BCUT2D eigenvalue weighted by molar-refractivity contribution is 0.0944. The van der Waals surface area contributed by atoms with E-state index in [4.69, 9.17) is 5.73 Å². The molecule has 1 aromatic carbocycles. The Hall–Kier alpha value is -1.51. The number of hydrogen-bond acceptors (Lipinski definition) is 3. The molecule has 1 atom stereocenters. The number of thioether (sulfide) groups is 1. The molecule has 1 aliphatic heterocycles. The number of amides is 1. The van der Waals surface area contributed by atoms with Crippen molar-refractivity contribution < 1.29 is 9.18 Å². The van der Waals surface area contributed by atoms with E-state index < -0.39 is 5.82 Å². The summed E-state index contributed by atoms with van der Waals surface area (Å²) in [5.41, 5.74) is 5.93. The second-order valence-electron chi connectivity index (χ2n) is 4.64. The summed E-state index contributed by atoms with van der Waals surface area (Å²) in [7, 11) is 0. The third kappa shape index (κ3) is 3.99. The van der Waals surface area contributed by atoms with Crippen LogP contribution in [0.5, 0.6) is 0 Å². The monoisotopic (exact) mass is 292 g/mol. The molecule has 1 aromatic rings. The van der Waals surface area contributed by atoms with Gasteiger partial charge in [-0.15, -0.1) is 0 Å². The largest absolute Gasteiger partial charge is 0.352 e. The molecule has 1 heterocycles.